The molecule has 0 radical (unpaired) electrons. The molecule has 36 heavy (non-hydrogen) atoms. The lowest BCUT2D eigenvalue weighted by Crippen LogP contribution is -1.98. The molecule has 1 N–H and O–H groups in total. The molecule has 0 bridgehead atoms. The number of aliphatic hydroxyl groups excluding tert-OH is 1. The van der Waals surface area contributed by atoms with E-state index >= 15 is 0 Å². The maximum absolute atomic E-state index is 15.0. The van der Waals surface area contributed by atoms with E-state index in [-0.39, 0.29) is 23.5 Å². The molecule has 0 spiro atoms. The van der Waals surface area contributed by atoms with Crippen molar-refractivity contribution in [2.75, 3.05) is 6.61 Å². The number of hydrogen-bond donors (Lipinski definition) is 1. The van der Waals surface area contributed by atoms with E-state index in [2.05, 4.69) is 6.58 Å². The fourth-order valence-corrected chi connectivity index (χ4v) is 4.04. The van der Waals surface area contributed by atoms with Gasteiger partial charge in [0.15, 0.2) is 23.2 Å². The molecule has 0 aromatic heterocycles. The topological polar surface area (TPSA) is 29.5 Å². The first-order valence-electron chi connectivity index (χ1n) is 11.7. The number of aliphatic hydroxyl groups is 1. The molecule has 1 unspecified atom stereocenters. The van der Waals surface area contributed by atoms with E-state index in [9.17, 15) is 18.3 Å². The Balaban J connectivity index is 1.46. The Kier molecular flexibility index (Phi) is 7.91. The predicted octanol–water partition coefficient (Wildman–Crippen LogP) is 7.84. The fraction of sp³-hybridized carbons (Fsp3) is 0.161. The molecule has 0 aliphatic carbocycles. The van der Waals surface area contributed by atoms with Crippen molar-refractivity contribution in [3.8, 4) is 28.0 Å². The fourth-order valence-electron chi connectivity index (χ4n) is 4.04. The molecule has 2 nitrogen and oxygen atoms in total. The van der Waals surface area contributed by atoms with Gasteiger partial charge in [-0.1, -0.05) is 79.4 Å². The summed E-state index contributed by atoms with van der Waals surface area (Å²) in [4.78, 5) is 0. The van der Waals surface area contributed by atoms with Crippen molar-refractivity contribution in [3.63, 3.8) is 0 Å². The second-order valence-corrected chi connectivity index (χ2v) is 8.65. The second-order valence-electron chi connectivity index (χ2n) is 8.65. The van der Waals surface area contributed by atoms with Crippen molar-refractivity contribution in [2.45, 2.75) is 25.9 Å². The van der Waals surface area contributed by atoms with Gasteiger partial charge in [0.1, 0.15) is 6.61 Å². The van der Waals surface area contributed by atoms with E-state index in [1.807, 2.05) is 18.2 Å². The quantitative estimate of drug-likeness (QED) is 0.243. The molecule has 0 amide bonds. The Labute approximate surface area is 209 Å². The minimum absolute atomic E-state index is 0.165. The summed E-state index contributed by atoms with van der Waals surface area (Å²) in [6, 6.07) is 22.0. The van der Waals surface area contributed by atoms with Gasteiger partial charge in [-0.05, 0) is 59.7 Å². The molecular weight excluding hydrogens is 461 g/mol. The minimum Gasteiger partial charge on any atom is -0.486 e. The molecule has 4 rings (SSSR count). The summed E-state index contributed by atoms with van der Waals surface area (Å²) < 4.78 is 49.4. The highest BCUT2D eigenvalue weighted by Crippen LogP contribution is 2.32. The highest BCUT2D eigenvalue weighted by Gasteiger charge is 2.16. The van der Waals surface area contributed by atoms with Crippen molar-refractivity contribution in [1.82, 2.24) is 0 Å². The molecule has 4 aromatic carbocycles. The molecule has 1 atom stereocenters. The Morgan fingerprint density at radius 2 is 1.31 bits per heavy atom. The Hall–Kier alpha value is -3.83. The lowest BCUT2D eigenvalue weighted by atomic mass is 9.96. The smallest absolute Gasteiger partial charge is 0.167 e. The van der Waals surface area contributed by atoms with Crippen molar-refractivity contribution >= 4 is 0 Å². The number of halogens is 3. The molecule has 0 heterocycles. The predicted molar refractivity (Wildman–Crippen MR) is 137 cm³/mol. The lowest BCUT2D eigenvalue weighted by molar-refractivity contribution is 0.199. The summed E-state index contributed by atoms with van der Waals surface area (Å²) in [7, 11) is 0. The summed E-state index contributed by atoms with van der Waals surface area (Å²) in [6.07, 6.45) is 2.23. The highest BCUT2D eigenvalue weighted by molar-refractivity contribution is 5.72. The Bertz CT molecular complexity index is 1340. The maximum atomic E-state index is 15.0. The number of hydrogen-bond acceptors (Lipinski definition) is 2. The Morgan fingerprint density at radius 1 is 0.778 bits per heavy atom. The van der Waals surface area contributed by atoms with Crippen molar-refractivity contribution in [1.29, 1.82) is 0 Å². The van der Waals surface area contributed by atoms with E-state index in [0.717, 1.165) is 11.1 Å². The summed E-state index contributed by atoms with van der Waals surface area (Å²) in [5, 5.41) is 9.65. The third-order valence-corrected chi connectivity index (χ3v) is 6.11. The standard InChI is InChI=1S/C31H27F3O2/c1-3-18-36-29-17-8-22(19-28(29)32)5-4-21-6-9-24(10-7-21)26-15-16-27(31(34)30(26)33)25-13-11-23(12-14-25)20(2)35/h3,6-17,19-20,35H,1,4-5,18H2,2H3. The molecule has 0 saturated heterocycles. The van der Waals surface area contributed by atoms with Gasteiger partial charge in [0.2, 0.25) is 0 Å². The summed E-state index contributed by atoms with van der Waals surface area (Å²) in [6.45, 7) is 5.44. The van der Waals surface area contributed by atoms with Crippen LogP contribution in [-0.4, -0.2) is 11.7 Å². The lowest BCUT2D eigenvalue weighted by Gasteiger charge is -2.11. The first-order valence-corrected chi connectivity index (χ1v) is 11.7. The Morgan fingerprint density at radius 3 is 1.83 bits per heavy atom. The molecule has 4 aromatic rings. The van der Waals surface area contributed by atoms with Crippen LogP contribution in [0.1, 0.15) is 29.7 Å². The highest BCUT2D eigenvalue weighted by atomic mass is 19.2. The maximum Gasteiger partial charge on any atom is 0.167 e. The van der Waals surface area contributed by atoms with Crippen LogP contribution < -0.4 is 4.74 Å². The van der Waals surface area contributed by atoms with Crippen LogP contribution in [0.5, 0.6) is 5.75 Å². The summed E-state index contributed by atoms with van der Waals surface area (Å²) in [5.74, 6) is -2.04. The largest absolute Gasteiger partial charge is 0.486 e. The average molecular weight is 489 g/mol. The third-order valence-electron chi connectivity index (χ3n) is 6.11. The van der Waals surface area contributed by atoms with Gasteiger partial charge >= 0.3 is 0 Å². The van der Waals surface area contributed by atoms with Gasteiger partial charge in [0, 0.05) is 11.1 Å². The zero-order valence-corrected chi connectivity index (χ0v) is 20.0. The van der Waals surface area contributed by atoms with Gasteiger partial charge in [-0.3, -0.25) is 0 Å². The summed E-state index contributed by atoms with van der Waals surface area (Å²) >= 11 is 0. The molecular formula is C31H27F3O2. The second kappa shape index (κ2) is 11.3. The van der Waals surface area contributed by atoms with E-state index in [0.29, 0.717) is 29.5 Å². The van der Waals surface area contributed by atoms with Crippen LogP contribution in [0.3, 0.4) is 0 Å². The van der Waals surface area contributed by atoms with E-state index in [1.165, 1.54) is 6.07 Å². The molecule has 0 aliphatic heterocycles. The van der Waals surface area contributed by atoms with Crippen LogP contribution in [0, 0.1) is 17.5 Å². The van der Waals surface area contributed by atoms with E-state index < -0.39 is 23.6 Å². The zero-order valence-electron chi connectivity index (χ0n) is 20.0. The normalized spacial score (nSPS) is 11.8. The molecule has 184 valence electrons. The van der Waals surface area contributed by atoms with Gasteiger partial charge in [-0.2, -0.15) is 0 Å². The number of ether oxygens (including phenoxy) is 1. The van der Waals surface area contributed by atoms with Gasteiger partial charge in [-0.15, -0.1) is 0 Å². The minimum atomic E-state index is -0.913. The molecule has 5 heteroatoms. The van der Waals surface area contributed by atoms with Crippen LogP contribution in [0.15, 0.2) is 91.5 Å². The van der Waals surface area contributed by atoms with Crippen LogP contribution >= 0.6 is 0 Å². The monoisotopic (exact) mass is 488 g/mol. The molecule has 0 fully saturated rings. The third kappa shape index (κ3) is 5.69. The number of rotatable bonds is 9. The van der Waals surface area contributed by atoms with E-state index in [1.54, 1.807) is 67.6 Å². The first-order chi connectivity index (χ1) is 17.4. The number of benzene rings is 4. The summed E-state index contributed by atoms with van der Waals surface area (Å²) in [5.41, 5.74) is 4.00. The van der Waals surface area contributed by atoms with Gasteiger partial charge in [0.05, 0.1) is 6.10 Å². The SMILES string of the molecule is C=CCOc1ccc(CCc2ccc(-c3ccc(-c4ccc(C(C)O)cc4)c(F)c3F)cc2)cc1F. The van der Waals surface area contributed by atoms with Gasteiger partial charge < -0.3 is 9.84 Å². The molecule has 0 saturated carbocycles. The zero-order chi connectivity index (χ0) is 25.7. The van der Waals surface area contributed by atoms with Crippen molar-refractivity contribution in [3.05, 3.63) is 126 Å². The van der Waals surface area contributed by atoms with E-state index in [4.69, 9.17) is 4.74 Å². The van der Waals surface area contributed by atoms with Crippen LogP contribution in [0.25, 0.3) is 22.3 Å². The van der Waals surface area contributed by atoms with Gasteiger partial charge in [-0.25, -0.2) is 13.2 Å². The average Bonchev–Trinajstić information content (AvgIpc) is 2.89. The van der Waals surface area contributed by atoms with Crippen LogP contribution in [0.4, 0.5) is 13.2 Å². The van der Waals surface area contributed by atoms with Gasteiger partial charge in [0.25, 0.3) is 0 Å². The van der Waals surface area contributed by atoms with Crippen molar-refractivity contribution < 1.29 is 23.0 Å². The van der Waals surface area contributed by atoms with Crippen LogP contribution in [-0.2, 0) is 12.8 Å². The number of aryl methyl sites for hydroxylation is 2. The van der Waals surface area contributed by atoms with Crippen LogP contribution in [0.2, 0.25) is 0 Å². The first kappa shape index (κ1) is 25.3. The van der Waals surface area contributed by atoms with Crippen molar-refractivity contribution in [2.24, 2.45) is 0 Å². The molecule has 0 aliphatic rings.